The molecule has 0 radical (unpaired) electrons. The van der Waals surface area contributed by atoms with Crippen LogP contribution in [0.3, 0.4) is 0 Å². The molecule has 0 aliphatic heterocycles. The molecule has 0 aliphatic carbocycles. The van der Waals surface area contributed by atoms with Crippen LogP contribution in [-0.4, -0.2) is 11.1 Å². The van der Waals surface area contributed by atoms with Gasteiger partial charge < -0.3 is 5.11 Å². The van der Waals surface area contributed by atoms with Crippen LogP contribution in [0.1, 0.15) is 142 Å². The van der Waals surface area contributed by atoms with Crippen molar-refractivity contribution in [1.82, 2.24) is 0 Å². The minimum absolute atomic E-state index is 0.0957. The van der Waals surface area contributed by atoms with Gasteiger partial charge in [-0.15, -0.1) is 0 Å². The third kappa shape index (κ3) is 18.3. The molecule has 0 saturated heterocycles. The third-order valence-electron chi connectivity index (χ3n) is 5.66. The maximum absolute atomic E-state index is 11.2. The van der Waals surface area contributed by atoms with Crippen LogP contribution in [0.2, 0.25) is 0 Å². The minimum atomic E-state index is -0.584. The van der Waals surface area contributed by atoms with Crippen molar-refractivity contribution >= 4 is 5.97 Å². The van der Waals surface area contributed by atoms with Crippen molar-refractivity contribution in [2.75, 3.05) is 0 Å². The smallest absolute Gasteiger partial charge is 0.306 e. The Morgan fingerprint density at radius 3 is 1.19 bits per heavy atom. The van der Waals surface area contributed by atoms with Crippen molar-refractivity contribution in [2.24, 2.45) is 5.92 Å². The maximum atomic E-state index is 11.2. The van der Waals surface area contributed by atoms with Gasteiger partial charge in [-0.2, -0.15) is 0 Å². The Labute approximate surface area is 164 Å². The maximum Gasteiger partial charge on any atom is 0.306 e. The van der Waals surface area contributed by atoms with E-state index in [0.29, 0.717) is 0 Å². The number of hydrogen-bond donors (Lipinski definition) is 1. The van der Waals surface area contributed by atoms with Gasteiger partial charge in [0, 0.05) is 0 Å². The Morgan fingerprint density at radius 2 is 0.846 bits per heavy atom. The van der Waals surface area contributed by atoms with Crippen LogP contribution in [0.4, 0.5) is 0 Å². The summed E-state index contributed by atoms with van der Waals surface area (Å²) >= 11 is 0. The molecular formula is C24H48O2. The highest BCUT2D eigenvalue weighted by molar-refractivity contribution is 5.69. The van der Waals surface area contributed by atoms with Gasteiger partial charge in [0.2, 0.25) is 0 Å². The van der Waals surface area contributed by atoms with Crippen molar-refractivity contribution in [3.8, 4) is 0 Å². The van der Waals surface area contributed by atoms with E-state index in [1.54, 1.807) is 0 Å². The summed E-state index contributed by atoms with van der Waals surface area (Å²) in [7, 11) is 0. The summed E-state index contributed by atoms with van der Waals surface area (Å²) in [6, 6.07) is 0. The predicted octanol–water partition coefficient (Wildman–Crippen LogP) is 8.53. The second kappa shape index (κ2) is 20.8. The molecule has 2 heteroatoms. The molecule has 0 rings (SSSR count). The Morgan fingerprint density at radius 1 is 0.538 bits per heavy atom. The highest BCUT2D eigenvalue weighted by atomic mass is 16.4. The Kier molecular flexibility index (Phi) is 20.4. The summed E-state index contributed by atoms with van der Waals surface area (Å²) in [5, 5.41) is 9.23. The van der Waals surface area contributed by atoms with Crippen molar-refractivity contribution in [3.63, 3.8) is 0 Å². The quantitative estimate of drug-likeness (QED) is 0.206. The molecular weight excluding hydrogens is 320 g/mol. The molecule has 0 spiro atoms. The molecule has 26 heavy (non-hydrogen) atoms. The van der Waals surface area contributed by atoms with Gasteiger partial charge in [-0.05, 0) is 12.8 Å². The number of unbranched alkanes of at least 4 members (excludes halogenated alkanes) is 16. The molecule has 0 saturated carbocycles. The summed E-state index contributed by atoms with van der Waals surface area (Å²) < 4.78 is 0. The summed E-state index contributed by atoms with van der Waals surface area (Å²) in [5.74, 6) is -0.680. The Balaban J connectivity index is 3.22. The van der Waals surface area contributed by atoms with Crippen LogP contribution in [0.5, 0.6) is 0 Å². The predicted molar refractivity (Wildman–Crippen MR) is 115 cm³/mol. The molecule has 2 nitrogen and oxygen atoms in total. The fourth-order valence-corrected chi connectivity index (χ4v) is 3.78. The lowest BCUT2D eigenvalue weighted by molar-refractivity contribution is -0.142. The van der Waals surface area contributed by atoms with Gasteiger partial charge in [-0.25, -0.2) is 0 Å². The van der Waals surface area contributed by atoms with E-state index < -0.39 is 5.97 Å². The van der Waals surface area contributed by atoms with Gasteiger partial charge in [0.05, 0.1) is 5.92 Å². The van der Waals surface area contributed by atoms with E-state index in [2.05, 4.69) is 13.8 Å². The van der Waals surface area contributed by atoms with Crippen LogP contribution in [0, 0.1) is 5.92 Å². The van der Waals surface area contributed by atoms with E-state index in [1.165, 1.54) is 96.3 Å². The third-order valence-corrected chi connectivity index (χ3v) is 5.66. The SMILES string of the molecule is CCCCCCCCCCCCCCCCCCC(CCCC)C(=O)O. The fourth-order valence-electron chi connectivity index (χ4n) is 3.78. The number of carbonyl (C=O) groups is 1. The van der Waals surface area contributed by atoms with Gasteiger partial charge >= 0.3 is 5.97 Å². The van der Waals surface area contributed by atoms with Crippen molar-refractivity contribution in [3.05, 3.63) is 0 Å². The van der Waals surface area contributed by atoms with Crippen LogP contribution in [0.15, 0.2) is 0 Å². The zero-order valence-corrected chi connectivity index (χ0v) is 18.1. The molecule has 0 aromatic carbocycles. The van der Waals surface area contributed by atoms with Gasteiger partial charge in [-0.1, -0.05) is 129 Å². The molecule has 0 amide bonds. The van der Waals surface area contributed by atoms with E-state index in [9.17, 15) is 9.90 Å². The van der Waals surface area contributed by atoms with E-state index >= 15 is 0 Å². The summed E-state index contributed by atoms with van der Waals surface area (Å²) in [4.78, 5) is 11.2. The van der Waals surface area contributed by atoms with Gasteiger partial charge in [0.15, 0.2) is 0 Å². The number of aliphatic carboxylic acids is 1. The lowest BCUT2D eigenvalue weighted by atomic mass is 9.95. The second-order valence-electron chi connectivity index (χ2n) is 8.27. The number of hydrogen-bond acceptors (Lipinski definition) is 1. The van der Waals surface area contributed by atoms with Crippen LogP contribution in [-0.2, 0) is 4.79 Å². The summed E-state index contributed by atoms with van der Waals surface area (Å²) in [6.07, 6.45) is 25.8. The molecule has 156 valence electrons. The lowest BCUT2D eigenvalue weighted by Gasteiger charge is -2.11. The van der Waals surface area contributed by atoms with Gasteiger partial charge in [-0.3, -0.25) is 4.79 Å². The fraction of sp³-hybridized carbons (Fsp3) is 0.958. The van der Waals surface area contributed by atoms with E-state index in [4.69, 9.17) is 0 Å². The Bertz CT molecular complexity index is 288. The molecule has 1 N–H and O–H groups in total. The van der Waals surface area contributed by atoms with Crippen molar-refractivity contribution < 1.29 is 9.90 Å². The first-order valence-electron chi connectivity index (χ1n) is 11.9. The molecule has 0 heterocycles. The van der Waals surface area contributed by atoms with Gasteiger partial charge in [0.25, 0.3) is 0 Å². The zero-order valence-electron chi connectivity index (χ0n) is 18.1. The molecule has 0 bridgehead atoms. The first kappa shape index (κ1) is 25.5. The van der Waals surface area contributed by atoms with Crippen molar-refractivity contribution in [1.29, 1.82) is 0 Å². The summed E-state index contributed by atoms with van der Waals surface area (Å²) in [5.41, 5.74) is 0. The Hall–Kier alpha value is -0.530. The van der Waals surface area contributed by atoms with Crippen LogP contribution >= 0.6 is 0 Å². The molecule has 0 fully saturated rings. The van der Waals surface area contributed by atoms with E-state index in [-0.39, 0.29) is 5.92 Å². The average molecular weight is 369 g/mol. The van der Waals surface area contributed by atoms with Crippen molar-refractivity contribution in [2.45, 2.75) is 142 Å². The average Bonchev–Trinajstić information content (AvgIpc) is 2.63. The topological polar surface area (TPSA) is 37.3 Å². The lowest BCUT2D eigenvalue weighted by Crippen LogP contribution is -2.13. The standard InChI is InChI=1S/C24H48O2/c1-3-5-7-8-9-10-11-12-13-14-15-16-17-18-19-20-22-23(24(25)26)21-6-4-2/h23H,3-22H2,1-2H3,(H,25,26). The molecule has 0 aromatic rings. The highest BCUT2D eigenvalue weighted by Crippen LogP contribution is 2.18. The largest absolute Gasteiger partial charge is 0.481 e. The van der Waals surface area contributed by atoms with E-state index in [1.807, 2.05) is 0 Å². The minimum Gasteiger partial charge on any atom is -0.481 e. The molecule has 1 unspecified atom stereocenters. The first-order valence-corrected chi connectivity index (χ1v) is 11.9. The molecule has 0 aliphatic rings. The number of carboxylic acids is 1. The monoisotopic (exact) mass is 368 g/mol. The summed E-state index contributed by atoms with van der Waals surface area (Å²) in [6.45, 7) is 4.41. The van der Waals surface area contributed by atoms with Gasteiger partial charge in [0.1, 0.15) is 0 Å². The van der Waals surface area contributed by atoms with Crippen LogP contribution in [0.25, 0.3) is 0 Å². The number of rotatable bonds is 21. The molecule has 0 aromatic heterocycles. The van der Waals surface area contributed by atoms with Crippen LogP contribution < -0.4 is 0 Å². The zero-order chi connectivity index (χ0) is 19.3. The normalized spacial score (nSPS) is 12.4. The molecule has 1 atom stereocenters. The second-order valence-corrected chi connectivity index (χ2v) is 8.27. The highest BCUT2D eigenvalue weighted by Gasteiger charge is 2.15. The first-order chi connectivity index (χ1) is 12.7. The van der Waals surface area contributed by atoms with E-state index in [0.717, 1.165) is 32.1 Å². The number of carboxylic acid groups (broad SMARTS) is 1.